The molecular weight excluding hydrogens is 264 g/mol. The summed E-state index contributed by atoms with van der Waals surface area (Å²) < 4.78 is 22.4. The molecule has 2 aliphatic heterocycles. The highest BCUT2D eigenvalue weighted by molar-refractivity contribution is 5.17. The fourth-order valence-electron chi connectivity index (χ4n) is 2.67. The van der Waals surface area contributed by atoms with Crippen LogP contribution in [0.3, 0.4) is 0 Å². The smallest absolute Gasteiger partial charge is 0.222 e. The van der Waals surface area contributed by atoms with Crippen molar-refractivity contribution in [1.29, 1.82) is 0 Å². The second-order valence-electron chi connectivity index (χ2n) is 4.96. The van der Waals surface area contributed by atoms with E-state index in [2.05, 4.69) is 0 Å². The Hall–Kier alpha value is -1.02. The first-order chi connectivity index (χ1) is 9.70. The molecule has 1 unspecified atom stereocenters. The molecule has 0 saturated carbocycles. The molecule has 0 bridgehead atoms. The minimum absolute atomic E-state index is 0.126. The van der Waals surface area contributed by atoms with Crippen LogP contribution in [0.1, 0.15) is 11.9 Å². The van der Waals surface area contributed by atoms with Gasteiger partial charge in [-0.15, -0.1) is 0 Å². The number of methoxy groups -OCH3 is 1. The monoisotopic (exact) mass is 282 g/mol. The zero-order valence-corrected chi connectivity index (χ0v) is 11.1. The highest BCUT2D eigenvalue weighted by Crippen LogP contribution is 2.41. The zero-order chi connectivity index (χ0) is 14.2. The largest absolute Gasteiger partial charge is 0.394 e. The molecule has 6 nitrogen and oxygen atoms in total. The van der Waals surface area contributed by atoms with Gasteiger partial charge in [0, 0.05) is 12.7 Å². The fourth-order valence-corrected chi connectivity index (χ4v) is 2.67. The van der Waals surface area contributed by atoms with Gasteiger partial charge in [-0.1, -0.05) is 30.3 Å². The van der Waals surface area contributed by atoms with Gasteiger partial charge in [0.05, 0.1) is 6.61 Å². The molecular formula is C14H18O6. The van der Waals surface area contributed by atoms with Crippen LogP contribution < -0.4 is 0 Å². The lowest BCUT2D eigenvalue weighted by atomic mass is 10.0. The Morgan fingerprint density at radius 2 is 2.10 bits per heavy atom. The van der Waals surface area contributed by atoms with Crippen LogP contribution in [-0.2, 0) is 18.9 Å². The minimum atomic E-state index is -1.17. The summed E-state index contributed by atoms with van der Waals surface area (Å²) in [5.74, 6) is -1.17. The van der Waals surface area contributed by atoms with E-state index in [9.17, 15) is 10.2 Å². The van der Waals surface area contributed by atoms with Crippen LogP contribution >= 0.6 is 0 Å². The lowest BCUT2D eigenvalue weighted by Gasteiger charge is -2.40. The maximum absolute atomic E-state index is 10.2. The maximum atomic E-state index is 10.2. The van der Waals surface area contributed by atoms with Crippen molar-refractivity contribution >= 4 is 0 Å². The first kappa shape index (κ1) is 13.9. The van der Waals surface area contributed by atoms with Gasteiger partial charge < -0.3 is 29.2 Å². The quantitative estimate of drug-likeness (QED) is 0.824. The molecule has 0 aromatic heterocycles. The van der Waals surface area contributed by atoms with E-state index in [1.165, 1.54) is 7.11 Å². The second-order valence-corrected chi connectivity index (χ2v) is 4.96. The van der Waals surface area contributed by atoms with Crippen molar-refractivity contribution in [3.05, 3.63) is 35.9 Å². The fraction of sp³-hybridized carbons (Fsp3) is 0.571. The molecule has 2 aliphatic rings. The van der Waals surface area contributed by atoms with Gasteiger partial charge in [-0.3, -0.25) is 0 Å². The van der Waals surface area contributed by atoms with Crippen molar-refractivity contribution in [1.82, 2.24) is 0 Å². The zero-order valence-electron chi connectivity index (χ0n) is 11.1. The number of ether oxygens (including phenoxy) is 4. The number of aliphatic hydroxyl groups is 2. The van der Waals surface area contributed by atoms with Crippen LogP contribution in [0.25, 0.3) is 0 Å². The van der Waals surface area contributed by atoms with Gasteiger partial charge in [0.25, 0.3) is 0 Å². The van der Waals surface area contributed by atoms with Gasteiger partial charge in [-0.05, 0) is 0 Å². The number of fused-ring (bicyclic) bond motifs is 1. The summed E-state index contributed by atoms with van der Waals surface area (Å²) in [4.78, 5) is 0. The molecule has 2 N–H and O–H groups in total. The van der Waals surface area contributed by atoms with Gasteiger partial charge >= 0.3 is 0 Å². The summed E-state index contributed by atoms with van der Waals surface area (Å²) in [6.45, 7) is -0.177. The number of benzene rings is 1. The molecule has 0 aliphatic carbocycles. The third kappa shape index (κ3) is 2.14. The third-order valence-electron chi connectivity index (χ3n) is 3.78. The van der Waals surface area contributed by atoms with Gasteiger partial charge in [0.15, 0.2) is 6.29 Å². The van der Waals surface area contributed by atoms with Gasteiger partial charge in [0.2, 0.25) is 5.79 Å². The Kier molecular flexibility index (Phi) is 3.76. The Balaban J connectivity index is 1.82. The van der Waals surface area contributed by atoms with Crippen molar-refractivity contribution in [2.45, 2.75) is 30.4 Å². The van der Waals surface area contributed by atoms with Crippen molar-refractivity contribution in [2.75, 3.05) is 20.3 Å². The highest BCUT2D eigenvalue weighted by Gasteiger charge is 2.59. The molecule has 6 heteroatoms. The van der Waals surface area contributed by atoms with Gasteiger partial charge in [0.1, 0.15) is 24.9 Å². The molecule has 3 rings (SSSR count). The molecule has 110 valence electrons. The average Bonchev–Trinajstić information content (AvgIpc) is 2.81. The molecule has 1 aromatic carbocycles. The Morgan fingerprint density at radius 3 is 2.75 bits per heavy atom. The van der Waals surface area contributed by atoms with E-state index in [0.717, 1.165) is 5.56 Å². The van der Waals surface area contributed by atoms with Crippen LogP contribution in [0.2, 0.25) is 0 Å². The van der Waals surface area contributed by atoms with Gasteiger partial charge in [-0.25, -0.2) is 0 Å². The molecule has 20 heavy (non-hydrogen) atoms. The van der Waals surface area contributed by atoms with E-state index in [0.29, 0.717) is 0 Å². The normalized spacial score (nSPS) is 40.5. The van der Waals surface area contributed by atoms with E-state index >= 15 is 0 Å². The summed E-state index contributed by atoms with van der Waals surface area (Å²) in [6, 6.07) is 9.45. The van der Waals surface area contributed by atoms with E-state index in [1.807, 2.05) is 30.3 Å². The van der Waals surface area contributed by atoms with Crippen molar-refractivity contribution in [3.8, 4) is 0 Å². The van der Waals surface area contributed by atoms with Crippen LogP contribution in [-0.4, -0.2) is 54.6 Å². The second kappa shape index (κ2) is 5.40. The third-order valence-corrected chi connectivity index (χ3v) is 3.78. The van der Waals surface area contributed by atoms with E-state index in [1.54, 1.807) is 0 Å². The predicted molar refractivity (Wildman–Crippen MR) is 67.7 cm³/mol. The first-order valence-corrected chi connectivity index (χ1v) is 6.54. The molecule has 2 fully saturated rings. The first-order valence-electron chi connectivity index (χ1n) is 6.54. The number of aliphatic hydroxyl groups excluding tert-OH is 2. The van der Waals surface area contributed by atoms with Crippen molar-refractivity contribution in [2.24, 2.45) is 0 Å². The lowest BCUT2D eigenvalue weighted by molar-refractivity contribution is -0.358. The number of hydrogen-bond donors (Lipinski definition) is 2. The minimum Gasteiger partial charge on any atom is -0.394 e. The van der Waals surface area contributed by atoms with E-state index < -0.39 is 30.4 Å². The molecule has 1 aromatic rings. The number of rotatable bonds is 3. The summed E-state index contributed by atoms with van der Waals surface area (Å²) >= 11 is 0. The average molecular weight is 282 g/mol. The van der Waals surface area contributed by atoms with Crippen molar-refractivity contribution in [3.63, 3.8) is 0 Å². The van der Waals surface area contributed by atoms with Crippen LogP contribution in [0, 0.1) is 0 Å². The highest BCUT2D eigenvalue weighted by atomic mass is 16.8. The maximum Gasteiger partial charge on any atom is 0.222 e. The number of hydrogen-bond acceptors (Lipinski definition) is 6. The summed E-state index contributed by atoms with van der Waals surface area (Å²) in [6.07, 6.45) is -2.99. The van der Waals surface area contributed by atoms with Gasteiger partial charge in [-0.2, -0.15) is 0 Å². The summed E-state index contributed by atoms with van der Waals surface area (Å²) in [7, 11) is 1.47. The predicted octanol–water partition coefficient (Wildman–Crippen LogP) is 0.195. The Labute approximate surface area is 116 Å². The van der Waals surface area contributed by atoms with E-state index in [4.69, 9.17) is 18.9 Å². The van der Waals surface area contributed by atoms with Crippen LogP contribution in [0.4, 0.5) is 0 Å². The van der Waals surface area contributed by atoms with Crippen LogP contribution in [0.15, 0.2) is 30.3 Å². The summed E-state index contributed by atoms with van der Waals surface area (Å²) in [5, 5.41) is 19.4. The Bertz CT molecular complexity index is 452. The molecule has 5 atom stereocenters. The molecule has 0 spiro atoms. The standard InChI is InChI=1S/C14H18O6/c1-17-14-8-18-13(9-5-3-2-4-6-9)19-12(14)11(16)10(7-15)20-14/h2-6,10-13,15-16H,7-8H2,1H3/t10-,11-,12+,13?,14+/m1/s1. The molecule has 0 radical (unpaired) electrons. The molecule has 2 heterocycles. The molecule has 2 saturated heterocycles. The SMILES string of the molecule is CO[C@]12COC(c3ccccc3)O[C@H]1[C@H](O)[C@@H](CO)O2. The summed E-state index contributed by atoms with van der Waals surface area (Å²) in [5.41, 5.74) is 0.858. The van der Waals surface area contributed by atoms with Crippen LogP contribution in [0.5, 0.6) is 0 Å². The lowest BCUT2D eigenvalue weighted by Crippen LogP contribution is -2.54. The molecule has 0 amide bonds. The van der Waals surface area contributed by atoms with E-state index in [-0.39, 0.29) is 13.2 Å². The Morgan fingerprint density at radius 1 is 1.35 bits per heavy atom. The van der Waals surface area contributed by atoms with Crippen molar-refractivity contribution < 1.29 is 29.2 Å². The topological polar surface area (TPSA) is 77.4 Å².